The number of nitrogens with zero attached hydrogens (tertiary/aromatic N) is 2. The molecule has 0 aromatic heterocycles. The van der Waals surface area contributed by atoms with Gasteiger partial charge in [0.25, 0.3) is 17.5 Å². The number of nitrogens with one attached hydrogen (secondary N) is 1. The van der Waals surface area contributed by atoms with Gasteiger partial charge in [0.05, 0.1) is 16.9 Å². The maximum absolute atomic E-state index is 13.5. The van der Waals surface area contributed by atoms with Crippen LogP contribution in [0.2, 0.25) is 0 Å². The van der Waals surface area contributed by atoms with Crippen molar-refractivity contribution in [1.82, 2.24) is 10.4 Å². The summed E-state index contributed by atoms with van der Waals surface area (Å²) in [4.78, 5) is 37.8. The summed E-state index contributed by atoms with van der Waals surface area (Å²) < 4.78 is 5.25. The highest BCUT2D eigenvalue weighted by Crippen LogP contribution is 2.45. The first kappa shape index (κ1) is 25.7. The van der Waals surface area contributed by atoms with E-state index >= 15 is 0 Å². The van der Waals surface area contributed by atoms with Crippen molar-refractivity contribution in [3.63, 3.8) is 0 Å². The van der Waals surface area contributed by atoms with Crippen LogP contribution in [0.25, 0.3) is 17.2 Å². The Kier molecular flexibility index (Phi) is 7.42. The Bertz CT molecular complexity index is 1550. The van der Waals surface area contributed by atoms with Gasteiger partial charge in [-0.1, -0.05) is 78.5 Å². The molecule has 5 rings (SSSR count). The van der Waals surface area contributed by atoms with Crippen molar-refractivity contribution in [2.24, 2.45) is 0 Å². The van der Waals surface area contributed by atoms with Crippen molar-refractivity contribution >= 4 is 35.3 Å². The van der Waals surface area contributed by atoms with Gasteiger partial charge in [0.2, 0.25) is 0 Å². The minimum Gasteiger partial charge on any atom is -0.497 e. The van der Waals surface area contributed by atoms with Crippen LogP contribution < -0.4 is 10.2 Å². The Morgan fingerprint density at radius 1 is 0.949 bits per heavy atom. The summed E-state index contributed by atoms with van der Waals surface area (Å²) in [6, 6.07) is 30.2. The van der Waals surface area contributed by atoms with E-state index in [0.717, 1.165) is 16.7 Å². The number of benzene rings is 4. The lowest BCUT2D eigenvalue weighted by molar-refractivity contribution is -0.384. The molecular formula is C30H23N3O5S. The van der Waals surface area contributed by atoms with Gasteiger partial charge in [-0.15, -0.1) is 0 Å². The number of non-ortho nitro benzene ring substituents is 1. The minimum absolute atomic E-state index is 0.0735. The van der Waals surface area contributed by atoms with Crippen LogP contribution in [0.4, 0.5) is 5.69 Å². The second kappa shape index (κ2) is 11.2. The molecule has 194 valence electrons. The molecule has 4 aromatic carbocycles. The highest BCUT2D eigenvalue weighted by Gasteiger charge is 2.38. The molecule has 1 saturated heterocycles. The number of hydrogen-bond acceptors (Lipinski definition) is 6. The van der Waals surface area contributed by atoms with Crippen LogP contribution in [0.3, 0.4) is 0 Å². The highest BCUT2D eigenvalue weighted by molar-refractivity contribution is 8.04. The number of amides is 2. The van der Waals surface area contributed by atoms with Gasteiger partial charge in [0.1, 0.15) is 11.1 Å². The zero-order valence-electron chi connectivity index (χ0n) is 20.8. The van der Waals surface area contributed by atoms with Gasteiger partial charge >= 0.3 is 0 Å². The fourth-order valence-electron chi connectivity index (χ4n) is 4.14. The molecule has 1 atom stereocenters. The van der Waals surface area contributed by atoms with Crippen molar-refractivity contribution in [1.29, 1.82) is 0 Å². The quantitative estimate of drug-likeness (QED) is 0.170. The maximum atomic E-state index is 13.5. The number of methoxy groups -OCH3 is 1. The van der Waals surface area contributed by atoms with Crippen LogP contribution in [0.1, 0.15) is 26.9 Å². The number of rotatable bonds is 7. The smallest absolute Gasteiger partial charge is 0.280 e. The maximum Gasteiger partial charge on any atom is 0.280 e. The van der Waals surface area contributed by atoms with Crippen LogP contribution >= 0.6 is 11.8 Å². The summed E-state index contributed by atoms with van der Waals surface area (Å²) in [5.74, 6) is -0.185. The van der Waals surface area contributed by atoms with Gasteiger partial charge in [0, 0.05) is 17.7 Å². The van der Waals surface area contributed by atoms with Crippen LogP contribution in [-0.2, 0) is 4.79 Å². The molecule has 1 N–H and O–H groups in total. The number of thioether (sulfide) groups is 1. The minimum atomic E-state index is -0.555. The van der Waals surface area contributed by atoms with Crippen LogP contribution in [0.5, 0.6) is 5.75 Å². The van der Waals surface area contributed by atoms with E-state index in [1.54, 1.807) is 49.6 Å². The average Bonchev–Trinajstić information content (AvgIpc) is 3.27. The molecule has 2 amide bonds. The topological polar surface area (TPSA) is 102 Å². The molecule has 1 aliphatic heterocycles. The van der Waals surface area contributed by atoms with E-state index < -0.39 is 22.1 Å². The van der Waals surface area contributed by atoms with E-state index in [2.05, 4.69) is 5.43 Å². The Labute approximate surface area is 229 Å². The summed E-state index contributed by atoms with van der Waals surface area (Å²) in [5, 5.41) is 11.9. The van der Waals surface area contributed by atoms with E-state index in [1.165, 1.54) is 28.9 Å². The van der Waals surface area contributed by atoms with Crippen molar-refractivity contribution in [2.45, 2.75) is 5.37 Å². The first-order chi connectivity index (χ1) is 18.9. The van der Waals surface area contributed by atoms with Gasteiger partial charge in [-0.2, -0.15) is 0 Å². The third-order valence-electron chi connectivity index (χ3n) is 6.16. The van der Waals surface area contributed by atoms with Crippen molar-refractivity contribution < 1.29 is 19.2 Å². The number of carbonyl (C=O) groups is 2. The van der Waals surface area contributed by atoms with Gasteiger partial charge < -0.3 is 4.74 Å². The predicted octanol–water partition coefficient (Wildman–Crippen LogP) is 6.23. The van der Waals surface area contributed by atoms with E-state index in [1.807, 2.05) is 54.6 Å². The molecule has 8 nitrogen and oxygen atoms in total. The van der Waals surface area contributed by atoms with Gasteiger partial charge in [-0.3, -0.25) is 25.1 Å². The number of carbonyl (C=O) groups excluding carboxylic acids is 2. The summed E-state index contributed by atoms with van der Waals surface area (Å²) >= 11 is 1.25. The van der Waals surface area contributed by atoms with Crippen LogP contribution in [-0.4, -0.2) is 28.9 Å². The Hall–Kier alpha value is -4.89. The van der Waals surface area contributed by atoms with E-state index in [4.69, 9.17) is 4.74 Å². The Morgan fingerprint density at radius 2 is 1.64 bits per heavy atom. The largest absolute Gasteiger partial charge is 0.497 e. The zero-order chi connectivity index (χ0) is 27.4. The van der Waals surface area contributed by atoms with Gasteiger partial charge in [0.15, 0.2) is 0 Å². The number of hydrazine groups is 1. The number of ether oxygens (including phenoxy) is 1. The zero-order valence-corrected chi connectivity index (χ0v) is 21.6. The number of nitro benzene ring substituents is 1. The second-order valence-electron chi connectivity index (χ2n) is 8.66. The van der Waals surface area contributed by atoms with Crippen LogP contribution in [0, 0.1) is 10.1 Å². The molecule has 1 fully saturated rings. The molecule has 1 heterocycles. The molecule has 4 aromatic rings. The lowest BCUT2D eigenvalue weighted by Gasteiger charge is -2.24. The highest BCUT2D eigenvalue weighted by atomic mass is 32.2. The second-order valence-corrected chi connectivity index (χ2v) is 9.79. The summed E-state index contributed by atoms with van der Waals surface area (Å²) in [6.45, 7) is 0. The predicted molar refractivity (Wildman–Crippen MR) is 151 cm³/mol. The molecule has 0 spiro atoms. The summed E-state index contributed by atoms with van der Waals surface area (Å²) in [6.07, 6.45) is 1.59. The molecule has 1 aliphatic rings. The molecule has 9 heteroatoms. The molecule has 1 unspecified atom stereocenters. The van der Waals surface area contributed by atoms with E-state index in [-0.39, 0.29) is 5.69 Å². The standard InChI is InChI=1S/C30H23N3O5S/c1-38-26-16-14-24(15-17-26)30-32(29(35)27(39-30)19-20-6-5-9-25(18-20)33(36)37)31-28(34)23-12-10-22(11-13-23)21-7-3-2-4-8-21/h2-19,30H,1H3,(H,31,34)/b27-19-. The molecule has 0 bridgehead atoms. The number of nitro groups is 1. The normalized spacial score (nSPS) is 15.8. The Balaban J connectivity index is 1.43. The summed E-state index contributed by atoms with van der Waals surface area (Å²) in [7, 11) is 1.57. The lowest BCUT2D eigenvalue weighted by Crippen LogP contribution is -2.44. The van der Waals surface area contributed by atoms with Gasteiger partial charge in [-0.05, 0) is 52.6 Å². The third kappa shape index (κ3) is 5.68. The molecular weight excluding hydrogens is 514 g/mol. The first-order valence-corrected chi connectivity index (χ1v) is 12.9. The average molecular weight is 538 g/mol. The van der Waals surface area contributed by atoms with E-state index in [9.17, 15) is 19.7 Å². The van der Waals surface area contributed by atoms with Crippen molar-refractivity contribution in [3.8, 4) is 16.9 Å². The van der Waals surface area contributed by atoms with Crippen LogP contribution in [0.15, 0.2) is 108 Å². The fourth-order valence-corrected chi connectivity index (χ4v) is 5.33. The molecule has 0 saturated carbocycles. The lowest BCUT2D eigenvalue weighted by atomic mass is 10.0. The SMILES string of the molecule is COc1ccc(C2S/C(=C\c3cccc([N+](=O)[O-])c3)C(=O)N2NC(=O)c2ccc(-c3ccccc3)cc2)cc1. The summed E-state index contributed by atoms with van der Waals surface area (Å²) in [5.41, 5.74) is 6.39. The fraction of sp³-hybridized carbons (Fsp3) is 0.0667. The monoisotopic (exact) mass is 537 g/mol. The van der Waals surface area contributed by atoms with Crippen molar-refractivity contribution in [3.05, 3.63) is 135 Å². The van der Waals surface area contributed by atoms with Crippen molar-refractivity contribution in [2.75, 3.05) is 7.11 Å². The van der Waals surface area contributed by atoms with Gasteiger partial charge in [-0.25, -0.2) is 5.01 Å². The first-order valence-electron chi connectivity index (χ1n) is 12.0. The third-order valence-corrected chi connectivity index (χ3v) is 7.41. The Morgan fingerprint density at radius 3 is 2.31 bits per heavy atom. The molecule has 0 aliphatic carbocycles. The van der Waals surface area contributed by atoms with E-state index in [0.29, 0.717) is 21.8 Å². The molecule has 0 radical (unpaired) electrons. The number of hydrogen-bond donors (Lipinski definition) is 1. The molecule has 39 heavy (non-hydrogen) atoms.